The smallest absolute Gasteiger partial charge is 0.309 e. The summed E-state index contributed by atoms with van der Waals surface area (Å²) >= 11 is 1.39. The van der Waals surface area contributed by atoms with Gasteiger partial charge in [0.1, 0.15) is 6.61 Å². The summed E-state index contributed by atoms with van der Waals surface area (Å²) < 4.78 is 11.7. The summed E-state index contributed by atoms with van der Waals surface area (Å²) in [4.78, 5) is 15.0. The Morgan fingerprint density at radius 1 is 1.10 bits per heavy atom. The van der Waals surface area contributed by atoms with Gasteiger partial charge in [-0.2, -0.15) is 0 Å². The Morgan fingerprint density at radius 3 is 2.59 bits per heavy atom. The topological polar surface area (TPSA) is 80.7 Å². The maximum Gasteiger partial charge on any atom is 0.309 e. The number of nitrogens with zero attached hydrogens (tertiary/aromatic N) is 1. The van der Waals surface area contributed by atoms with Crippen LogP contribution in [0.1, 0.15) is 29.3 Å². The van der Waals surface area contributed by atoms with E-state index in [0.29, 0.717) is 42.1 Å². The van der Waals surface area contributed by atoms with Crippen molar-refractivity contribution in [2.45, 2.75) is 33.4 Å². The fourth-order valence-corrected chi connectivity index (χ4v) is 3.41. The van der Waals surface area contributed by atoms with Crippen LogP contribution in [-0.4, -0.2) is 22.7 Å². The monoisotopic (exact) mass is 412 g/mol. The molecule has 2 N–H and O–H groups in total. The highest BCUT2D eigenvalue weighted by Crippen LogP contribution is 2.30. The molecule has 29 heavy (non-hydrogen) atoms. The summed E-state index contributed by atoms with van der Waals surface area (Å²) in [5.41, 5.74) is 3.90. The Kier molecular flexibility index (Phi) is 7.08. The number of anilines is 1. The molecule has 0 fully saturated rings. The number of thiazole rings is 1. The summed E-state index contributed by atoms with van der Waals surface area (Å²) in [6.45, 7) is 5.57. The molecular weight excluding hydrogens is 388 g/mol. The zero-order valence-electron chi connectivity index (χ0n) is 16.5. The Labute approximate surface area is 174 Å². The van der Waals surface area contributed by atoms with Crippen LogP contribution in [-0.2, 0) is 24.4 Å². The standard InChI is InChI=1S/C22H24N2O4S/c1-3-27-20-10-17(12-23-22-24-18(14-29-22)11-21(25)26)8-9-19(20)28-13-16-6-4-15(2)5-7-16/h4-10,14H,3,11-13H2,1-2H3,(H,23,24)(H,25,26). The summed E-state index contributed by atoms with van der Waals surface area (Å²) in [6, 6.07) is 14.1. The van der Waals surface area contributed by atoms with Gasteiger partial charge in [-0.3, -0.25) is 4.79 Å². The molecule has 3 rings (SSSR count). The molecule has 152 valence electrons. The number of carboxylic acids is 1. The molecule has 0 atom stereocenters. The highest BCUT2D eigenvalue weighted by Gasteiger charge is 2.09. The second-order valence-electron chi connectivity index (χ2n) is 6.56. The summed E-state index contributed by atoms with van der Waals surface area (Å²) in [5.74, 6) is 0.517. The number of carboxylic acid groups (broad SMARTS) is 1. The van der Waals surface area contributed by atoms with Crippen LogP contribution < -0.4 is 14.8 Å². The molecule has 0 radical (unpaired) electrons. The number of ether oxygens (including phenoxy) is 2. The number of benzene rings is 2. The lowest BCUT2D eigenvalue weighted by Gasteiger charge is -2.14. The van der Waals surface area contributed by atoms with Gasteiger partial charge in [0.05, 0.1) is 18.7 Å². The van der Waals surface area contributed by atoms with Crippen molar-refractivity contribution in [3.63, 3.8) is 0 Å². The molecular formula is C22H24N2O4S. The summed E-state index contributed by atoms with van der Waals surface area (Å²) in [5, 5.41) is 14.5. The second-order valence-corrected chi connectivity index (χ2v) is 7.41. The predicted molar refractivity (Wildman–Crippen MR) is 114 cm³/mol. The van der Waals surface area contributed by atoms with Gasteiger partial charge < -0.3 is 19.9 Å². The van der Waals surface area contributed by atoms with Crippen molar-refractivity contribution in [1.82, 2.24) is 4.98 Å². The van der Waals surface area contributed by atoms with Crippen LogP contribution in [0, 0.1) is 6.92 Å². The maximum absolute atomic E-state index is 10.8. The molecule has 7 heteroatoms. The summed E-state index contributed by atoms with van der Waals surface area (Å²) in [6.07, 6.45) is -0.0698. The fourth-order valence-electron chi connectivity index (χ4n) is 2.70. The van der Waals surface area contributed by atoms with Crippen molar-refractivity contribution in [3.05, 3.63) is 70.2 Å². The van der Waals surface area contributed by atoms with Gasteiger partial charge in [0.25, 0.3) is 0 Å². The first-order chi connectivity index (χ1) is 14.0. The second kappa shape index (κ2) is 9.93. The average molecular weight is 413 g/mol. The van der Waals surface area contributed by atoms with Crippen LogP contribution in [0.5, 0.6) is 11.5 Å². The molecule has 0 saturated heterocycles. The zero-order chi connectivity index (χ0) is 20.6. The Morgan fingerprint density at radius 2 is 1.86 bits per heavy atom. The van der Waals surface area contributed by atoms with Crippen molar-refractivity contribution < 1.29 is 19.4 Å². The van der Waals surface area contributed by atoms with Crippen LogP contribution >= 0.6 is 11.3 Å². The minimum Gasteiger partial charge on any atom is -0.490 e. The number of nitrogens with one attached hydrogen (secondary N) is 1. The van der Waals surface area contributed by atoms with Gasteiger partial charge in [-0.1, -0.05) is 35.9 Å². The minimum atomic E-state index is -0.885. The van der Waals surface area contributed by atoms with Gasteiger partial charge in [0.15, 0.2) is 16.6 Å². The highest BCUT2D eigenvalue weighted by molar-refractivity contribution is 7.13. The third-order valence-electron chi connectivity index (χ3n) is 4.15. The lowest BCUT2D eigenvalue weighted by Crippen LogP contribution is -2.04. The van der Waals surface area contributed by atoms with E-state index in [9.17, 15) is 4.79 Å². The van der Waals surface area contributed by atoms with Gasteiger partial charge in [-0.25, -0.2) is 4.98 Å². The SMILES string of the molecule is CCOc1cc(CNc2nc(CC(=O)O)cs2)ccc1OCc1ccc(C)cc1. The first-order valence-corrected chi connectivity index (χ1v) is 10.3. The minimum absolute atomic E-state index is 0.0698. The third-order valence-corrected chi connectivity index (χ3v) is 5.00. The molecule has 0 aliphatic rings. The van der Waals surface area contributed by atoms with Gasteiger partial charge in [-0.15, -0.1) is 11.3 Å². The van der Waals surface area contributed by atoms with E-state index in [1.165, 1.54) is 16.9 Å². The normalized spacial score (nSPS) is 10.6. The quantitative estimate of drug-likeness (QED) is 0.504. The number of hydrogen-bond acceptors (Lipinski definition) is 6. The molecule has 0 unspecified atom stereocenters. The van der Waals surface area contributed by atoms with Crippen molar-refractivity contribution in [1.29, 1.82) is 0 Å². The van der Waals surface area contributed by atoms with E-state index in [-0.39, 0.29) is 6.42 Å². The molecule has 0 spiro atoms. The van der Waals surface area contributed by atoms with Gasteiger partial charge in [0, 0.05) is 11.9 Å². The number of rotatable bonds is 10. The lowest BCUT2D eigenvalue weighted by molar-refractivity contribution is -0.136. The van der Waals surface area contributed by atoms with E-state index in [1.54, 1.807) is 5.38 Å². The Balaban J connectivity index is 1.62. The summed E-state index contributed by atoms with van der Waals surface area (Å²) in [7, 11) is 0. The van der Waals surface area contributed by atoms with Crippen molar-refractivity contribution >= 4 is 22.4 Å². The molecule has 0 amide bonds. The number of aromatic nitrogens is 1. The van der Waals surface area contributed by atoms with Crippen LogP contribution in [0.4, 0.5) is 5.13 Å². The van der Waals surface area contributed by atoms with Gasteiger partial charge in [-0.05, 0) is 37.1 Å². The zero-order valence-corrected chi connectivity index (χ0v) is 17.3. The molecule has 0 saturated carbocycles. The van der Waals surface area contributed by atoms with E-state index in [4.69, 9.17) is 14.6 Å². The van der Waals surface area contributed by atoms with Gasteiger partial charge in [0.2, 0.25) is 0 Å². The molecule has 0 bridgehead atoms. The molecule has 0 aliphatic heterocycles. The number of hydrogen-bond donors (Lipinski definition) is 2. The molecule has 0 aliphatic carbocycles. The predicted octanol–water partition coefficient (Wildman–Crippen LogP) is 4.67. The number of carbonyl (C=O) groups is 1. The Bertz CT molecular complexity index is 954. The first kappa shape index (κ1) is 20.7. The largest absolute Gasteiger partial charge is 0.490 e. The average Bonchev–Trinajstić information content (AvgIpc) is 3.14. The van der Waals surface area contributed by atoms with Crippen molar-refractivity contribution in [2.24, 2.45) is 0 Å². The van der Waals surface area contributed by atoms with Crippen molar-refractivity contribution in [3.8, 4) is 11.5 Å². The third kappa shape index (κ3) is 6.22. The highest BCUT2D eigenvalue weighted by atomic mass is 32.1. The van der Waals surface area contributed by atoms with E-state index >= 15 is 0 Å². The molecule has 2 aromatic carbocycles. The van der Waals surface area contributed by atoms with Crippen LogP contribution in [0.3, 0.4) is 0 Å². The molecule has 6 nitrogen and oxygen atoms in total. The van der Waals surface area contributed by atoms with E-state index in [2.05, 4.69) is 41.5 Å². The molecule has 3 aromatic rings. The van der Waals surface area contributed by atoms with Crippen LogP contribution in [0.2, 0.25) is 0 Å². The number of aliphatic carboxylic acids is 1. The lowest BCUT2D eigenvalue weighted by atomic mass is 10.1. The Hall–Kier alpha value is -3.06. The van der Waals surface area contributed by atoms with Gasteiger partial charge >= 0.3 is 5.97 Å². The van der Waals surface area contributed by atoms with Crippen LogP contribution in [0.25, 0.3) is 0 Å². The molecule has 1 aromatic heterocycles. The number of aryl methyl sites for hydroxylation is 1. The van der Waals surface area contributed by atoms with E-state index < -0.39 is 5.97 Å². The molecule has 1 heterocycles. The first-order valence-electron chi connectivity index (χ1n) is 9.37. The van der Waals surface area contributed by atoms with E-state index in [1.807, 2.05) is 25.1 Å². The van der Waals surface area contributed by atoms with E-state index in [0.717, 1.165) is 11.1 Å². The maximum atomic E-state index is 10.8. The van der Waals surface area contributed by atoms with Crippen LogP contribution in [0.15, 0.2) is 47.8 Å². The fraction of sp³-hybridized carbons (Fsp3) is 0.273. The van der Waals surface area contributed by atoms with Crippen molar-refractivity contribution in [2.75, 3.05) is 11.9 Å².